The summed E-state index contributed by atoms with van der Waals surface area (Å²) in [6.07, 6.45) is 0. The molecule has 0 aliphatic rings. The van der Waals surface area contributed by atoms with Crippen LogP contribution in [0.15, 0.2) is 46.9 Å². The first kappa shape index (κ1) is 12.6. The molecule has 0 bridgehead atoms. The van der Waals surface area contributed by atoms with Gasteiger partial charge in [0, 0.05) is 5.69 Å². The summed E-state index contributed by atoms with van der Waals surface area (Å²) >= 11 is 3.23. The van der Waals surface area contributed by atoms with Gasteiger partial charge in [0.2, 0.25) is 0 Å². The fourth-order valence-corrected chi connectivity index (χ4v) is 1.92. The average Bonchev–Trinajstić information content (AvgIpc) is 2.35. The molecule has 3 nitrogen and oxygen atoms in total. The van der Waals surface area contributed by atoms with Crippen LogP contribution in [0.5, 0.6) is 0 Å². The van der Waals surface area contributed by atoms with Gasteiger partial charge >= 0.3 is 0 Å². The van der Waals surface area contributed by atoms with Crippen LogP contribution in [0.2, 0.25) is 0 Å². The van der Waals surface area contributed by atoms with E-state index >= 15 is 0 Å². The van der Waals surface area contributed by atoms with E-state index in [1.165, 1.54) is 12.1 Å². The molecule has 1 amide bonds. The SMILES string of the molecule is Nc1cccc(C(=O)Nc2ccccc2F)c1Br. The number of benzene rings is 2. The van der Waals surface area contributed by atoms with Crippen LogP contribution in [0.25, 0.3) is 0 Å². The molecule has 0 aromatic heterocycles. The van der Waals surface area contributed by atoms with E-state index in [1.807, 2.05) is 0 Å². The average molecular weight is 309 g/mol. The molecule has 18 heavy (non-hydrogen) atoms. The summed E-state index contributed by atoms with van der Waals surface area (Å²) in [6.45, 7) is 0. The first-order chi connectivity index (χ1) is 8.59. The number of nitrogens with two attached hydrogens (primary N) is 1. The highest BCUT2D eigenvalue weighted by molar-refractivity contribution is 9.10. The van der Waals surface area contributed by atoms with Crippen molar-refractivity contribution in [2.45, 2.75) is 0 Å². The van der Waals surface area contributed by atoms with E-state index in [4.69, 9.17) is 5.73 Å². The van der Waals surface area contributed by atoms with Crippen LogP contribution in [0.1, 0.15) is 10.4 Å². The van der Waals surface area contributed by atoms with Gasteiger partial charge in [0.15, 0.2) is 0 Å². The second kappa shape index (κ2) is 5.18. The summed E-state index contributed by atoms with van der Waals surface area (Å²) in [7, 11) is 0. The molecule has 0 aliphatic carbocycles. The number of halogens is 2. The monoisotopic (exact) mass is 308 g/mol. The largest absolute Gasteiger partial charge is 0.398 e. The van der Waals surface area contributed by atoms with Crippen molar-refractivity contribution >= 4 is 33.2 Å². The predicted molar refractivity (Wildman–Crippen MR) is 72.9 cm³/mol. The maximum Gasteiger partial charge on any atom is 0.256 e. The summed E-state index contributed by atoms with van der Waals surface area (Å²) in [5.74, 6) is -0.898. The second-order valence-corrected chi connectivity index (χ2v) is 4.44. The zero-order valence-electron chi connectivity index (χ0n) is 9.28. The fraction of sp³-hybridized carbons (Fsp3) is 0. The van der Waals surface area contributed by atoms with Crippen molar-refractivity contribution < 1.29 is 9.18 Å². The van der Waals surface area contributed by atoms with E-state index in [0.29, 0.717) is 15.7 Å². The maximum absolute atomic E-state index is 13.4. The van der Waals surface area contributed by atoms with Crippen molar-refractivity contribution in [2.24, 2.45) is 0 Å². The molecule has 0 unspecified atom stereocenters. The molecule has 3 N–H and O–H groups in total. The summed E-state index contributed by atoms with van der Waals surface area (Å²) in [5.41, 5.74) is 6.63. The van der Waals surface area contributed by atoms with Crippen LogP contribution in [-0.2, 0) is 0 Å². The number of amides is 1. The third-order valence-electron chi connectivity index (χ3n) is 2.40. The van der Waals surface area contributed by atoms with Gasteiger partial charge in [0.25, 0.3) is 5.91 Å². The van der Waals surface area contributed by atoms with Gasteiger partial charge < -0.3 is 11.1 Å². The molecule has 2 aromatic rings. The molecular weight excluding hydrogens is 299 g/mol. The summed E-state index contributed by atoms with van der Waals surface area (Å²) < 4.78 is 13.9. The molecule has 92 valence electrons. The van der Waals surface area contributed by atoms with E-state index in [2.05, 4.69) is 21.2 Å². The van der Waals surface area contributed by atoms with E-state index in [0.717, 1.165) is 0 Å². The Morgan fingerprint density at radius 2 is 1.89 bits per heavy atom. The normalized spacial score (nSPS) is 10.1. The van der Waals surface area contributed by atoms with Gasteiger partial charge in [0.1, 0.15) is 5.82 Å². The van der Waals surface area contributed by atoms with Gasteiger partial charge in [-0.25, -0.2) is 4.39 Å². The van der Waals surface area contributed by atoms with Crippen molar-refractivity contribution in [3.05, 3.63) is 58.3 Å². The number of hydrogen-bond acceptors (Lipinski definition) is 2. The summed E-state index contributed by atoms with van der Waals surface area (Å²) in [5, 5.41) is 2.50. The Hall–Kier alpha value is -1.88. The summed E-state index contributed by atoms with van der Waals surface area (Å²) in [6, 6.07) is 10.9. The van der Waals surface area contributed by atoms with Crippen molar-refractivity contribution in [2.75, 3.05) is 11.1 Å². The minimum atomic E-state index is -0.481. The molecule has 0 fully saturated rings. The minimum Gasteiger partial charge on any atom is -0.398 e. The molecular formula is C13H10BrFN2O. The minimum absolute atomic E-state index is 0.136. The number of rotatable bonds is 2. The first-order valence-electron chi connectivity index (χ1n) is 5.19. The number of anilines is 2. The zero-order valence-corrected chi connectivity index (χ0v) is 10.9. The van der Waals surface area contributed by atoms with Gasteiger partial charge in [-0.3, -0.25) is 4.79 Å². The topological polar surface area (TPSA) is 55.1 Å². The number of carbonyl (C=O) groups excluding carboxylic acids is 1. The maximum atomic E-state index is 13.4. The molecule has 0 saturated carbocycles. The van der Waals surface area contributed by atoms with E-state index in [1.54, 1.807) is 30.3 Å². The van der Waals surface area contributed by atoms with Crippen molar-refractivity contribution in [1.82, 2.24) is 0 Å². The van der Waals surface area contributed by atoms with E-state index < -0.39 is 11.7 Å². The lowest BCUT2D eigenvalue weighted by atomic mass is 10.2. The van der Waals surface area contributed by atoms with Crippen molar-refractivity contribution in [3.8, 4) is 0 Å². The first-order valence-corrected chi connectivity index (χ1v) is 5.99. The highest BCUT2D eigenvalue weighted by atomic mass is 79.9. The second-order valence-electron chi connectivity index (χ2n) is 3.64. The molecule has 5 heteroatoms. The lowest BCUT2D eigenvalue weighted by Gasteiger charge is -2.08. The Labute approximate surface area is 112 Å². The van der Waals surface area contributed by atoms with E-state index in [9.17, 15) is 9.18 Å². The van der Waals surface area contributed by atoms with Crippen LogP contribution in [0, 0.1) is 5.82 Å². The Morgan fingerprint density at radius 3 is 2.61 bits per heavy atom. The highest BCUT2D eigenvalue weighted by Gasteiger charge is 2.13. The quantitative estimate of drug-likeness (QED) is 0.835. The molecule has 0 atom stereocenters. The Balaban J connectivity index is 2.28. The number of nitrogen functional groups attached to an aromatic ring is 1. The third kappa shape index (κ3) is 2.51. The van der Waals surface area contributed by atoms with Crippen LogP contribution in [0.3, 0.4) is 0 Å². The molecule has 0 heterocycles. The van der Waals surface area contributed by atoms with Crippen molar-refractivity contribution in [3.63, 3.8) is 0 Å². The van der Waals surface area contributed by atoms with Crippen molar-refractivity contribution in [1.29, 1.82) is 0 Å². The highest BCUT2D eigenvalue weighted by Crippen LogP contribution is 2.25. The third-order valence-corrected chi connectivity index (χ3v) is 3.28. The van der Waals surface area contributed by atoms with Gasteiger partial charge in [0.05, 0.1) is 15.7 Å². The lowest BCUT2D eigenvalue weighted by molar-refractivity contribution is 0.102. The Morgan fingerprint density at radius 1 is 1.17 bits per heavy atom. The van der Waals surface area contributed by atoms with Gasteiger partial charge in [-0.15, -0.1) is 0 Å². The smallest absolute Gasteiger partial charge is 0.256 e. The number of nitrogens with one attached hydrogen (secondary N) is 1. The molecule has 0 radical (unpaired) electrons. The zero-order chi connectivity index (χ0) is 13.1. The number of carbonyl (C=O) groups is 1. The predicted octanol–water partition coefficient (Wildman–Crippen LogP) is 3.42. The molecule has 0 aliphatic heterocycles. The molecule has 2 rings (SSSR count). The summed E-state index contributed by atoms with van der Waals surface area (Å²) in [4.78, 5) is 12.0. The number of para-hydroxylation sites is 1. The van der Waals surface area contributed by atoms with Crippen LogP contribution in [-0.4, -0.2) is 5.91 Å². The van der Waals surface area contributed by atoms with Crippen LogP contribution in [0.4, 0.5) is 15.8 Å². The van der Waals surface area contributed by atoms with E-state index in [-0.39, 0.29) is 5.69 Å². The van der Waals surface area contributed by atoms with Crippen LogP contribution >= 0.6 is 15.9 Å². The van der Waals surface area contributed by atoms with Gasteiger partial charge in [-0.05, 0) is 40.2 Å². The van der Waals surface area contributed by atoms with Gasteiger partial charge in [-0.1, -0.05) is 18.2 Å². The molecule has 0 spiro atoms. The fourth-order valence-electron chi connectivity index (χ4n) is 1.48. The molecule has 2 aromatic carbocycles. The standard InChI is InChI=1S/C13H10BrFN2O/c14-12-8(4-3-6-10(12)16)13(18)17-11-7-2-1-5-9(11)15/h1-7H,16H2,(H,17,18). The Kier molecular flexibility index (Phi) is 3.62. The molecule has 0 saturated heterocycles. The lowest BCUT2D eigenvalue weighted by Crippen LogP contribution is -2.14. The van der Waals surface area contributed by atoms with Gasteiger partial charge in [-0.2, -0.15) is 0 Å². The van der Waals surface area contributed by atoms with Crippen LogP contribution < -0.4 is 11.1 Å². The Bertz CT molecular complexity index is 601. The number of hydrogen-bond donors (Lipinski definition) is 2.